The van der Waals surface area contributed by atoms with E-state index in [4.69, 9.17) is 4.74 Å². The van der Waals surface area contributed by atoms with E-state index in [0.29, 0.717) is 5.56 Å². The maximum atomic E-state index is 11.2. The van der Waals surface area contributed by atoms with Crippen molar-refractivity contribution >= 4 is 27.4 Å². The highest BCUT2D eigenvalue weighted by molar-refractivity contribution is 9.10. The van der Waals surface area contributed by atoms with Crippen LogP contribution in [0.2, 0.25) is 0 Å². The van der Waals surface area contributed by atoms with Gasteiger partial charge >= 0.3 is 0 Å². The Bertz CT molecular complexity index is 430. The Balaban J connectivity index is 3.42. The number of methoxy groups -OCH3 is 1. The van der Waals surface area contributed by atoms with Gasteiger partial charge in [-0.05, 0) is 28.9 Å². The number of carbonyl (C=O) groups is 1. The highest BCUT2D eigenvalue weighted by Gasteiger charge is 2.18. The highest BCUT2D eigenvalue weighted by Crippen LogP contribution is 2.32. The summed E-state index contributed by atoms with van der Waals surface area (Å²) in [5.41, 5.74) is 0.187. The van der Waals surface area contributed by atoms with E-state index < -0.39 is 4.92 Å². The predicted molar refractivity (Wildman–Crippen MR) is 57.4 cm³/mol. The van der Waals surface area contributed by atoms with Crippen LogP contribution in [0.3, 0.4) is 0 Å². The second kappa shape index (κ2) is 4.39. The van der Waals surface area contributed by atoms with Crippen LogP contribution in [0.1, 0.15) is 17.3 Å². The van der Waals surface area contributed by atoms with Gasteiger partial charge in [0.25, 0.3) is 5.69 Å². The van der Waals surface area contributed by atoms with Crippen LogP contribution in [0.4, 0.5) is 5.69 Å². The molecule has 0 saturated heterocycles. The van der Waals surface area contributed by atoms with Crippen LogP contribution in [0.15, 0.2) is 16.6 Å². The standard InChI is InChI=1S/C9H8BrNO4/c1-5(12)6-3-7(10)8(11(13)14)4-9(6)15-2/h3-4H,1-2H3. The number of nitro benzene ring substituents is 1. The Kier molecular flexibility index (Phi) is 3.41. The van der Waals surface area contributed by atoms with Gasteiger partial charge in [0, 0.05) is 0 Å². The van der Waals surface area contributed by atoms with E-state index in [1.165, 1.54) is 26.2 Å². The van der Waals surface area contributed by atoms with Gasteiger partial charge in [-0.2, -0.15) is 0 Å². The third-order valence-electron chi connectivity index (χ3n) is 1.84. The maximum absolute atomic E-state index is 11.2. The molecule has 1 aromatic carbocycles. The minimum Gasteiger partial charge on any atom is -0.496 e. The Morgan fingerprint density at radius 2 is 2.13 bits per heavy atom. The smallest absolute Gasteiger partial charge is 0.287 e. The molecule has 0 N–H and O–H groups in total. The minimum atomic E-state index is -0.545. The number of rotatable bonds is 3. The third kappa shape index (κ3) is 2.33. The summed E-state index contributed by atoms with van der Waals surface area (Å²) in [4.78, 5) is 21.2. The van der Waals surface area contributed by atoms with Crippen LogP contribution < -0.4 is 4.74 Å². The summed E-state index contributed by atoms with van der Waals surface area (Å²) in [6, 6.07) is 2.61. The first-order valence-corrected chi connectivity index (χ1v) is 4.79. The van der Waals surface area contributed by atoms with Crippen molar-refractivity contribution in [1.29, 1.82) is 0 Å². The number of hydrogen-bond acceptors (Lipinski definition) is 4. The molecular formula is C9H8BrNO4. The quantitative estimate of drug-likeness (QED) is 0.482. The molecule has 1 rings (SSSR count). The van der Waals surface area contributed by atoms with Gasteiger partial charge < -0.3 is 4.74 Å². The second-order valence-electron chi connectivity index (χ2n) is 2.82. The van der Waals surface area contributed by atoms with Crippen molar-refractivity contribution in [1.82, 2.24) is 0 Å². The van der Waals surface area contributed by atoms with Gasteiger partial charge in [0.05, 0.1) is 28.1 Å². The molecule has 6 heteroatoms. The van der Waals surface area contributed by atoms with E-state index in [9.17, 15) is 14.9 Å². The predicted octanol–water partition coefficient (Wildman–Crippen LogP) is 2.57. The molecule has 80 valence electrons. The van der Waals surface area contributed by atoms with Gasteiger partial charge in [-0.15, -0.1) is 0 Å². The first-order valence-electron chi connectivity index (χ1n) is 4.00. The summed E-state index contributed by atoms with van der Waals surface area (Å²) in [5, 5.41) is 10.6. The van der Waals surface area contributed by atoms with Gasteiger partial charge in [-0.1, -0.05) is 0 Å². The Morgan fingerprint density at radius 3 is 2.53 bits per heavy atom. The molecule has 0 fully saturated rings. The van der Waals surface area contributed by atoms with E-state index in [1.807, 2.05) is 0 Å². The van der Waals surface area contributed by atoms with Crippen molar-refractivity contribution in [2.45, 2.75) is 6.92 Å². The fourth-order valence-corrected chi connectivity index (χ4v) is 1.61. The lowest BCUT2D eigenvalue weighted by atomic mass is 10.1. The number of nitrogens with zero attached hydrogens (tertiary/aromatic N) is 1. The number of ketones is 1. The molecule has 0 heterocycles. The van der Waals surface area contributed by atoms with Gasteiger partial charge in [0.2, 0.25) is 0 Å². The number of halogens is 1. The summed E-state index contributed by atoms with van der Waals surface area (Å²) in [6.07, 6.45) is 0. The molecule has 0 atom stereocenters. The SMILES string of the molecule is COc1cc([N+](=O)[O-])c(Br)cc1C(C)=O. The topological polar surface area (TPSA) is 69.4 Å². The summed E-state index contributed by atoms with van der Waals surface area (Å²) in [6.45, 7) is 1.37. The van der Waals surface area contributed by atoms with E-state index in [2.05, 4.69) is 15.9 Å². The van der Waals surface area contributed by atoms with E-state index in [0.717, 1.165) is 0 Å². The number of benzene rings is 1. The van der Waals surface area contributed by atoms with Crippen molar-refractivity contribution in [3.63, 3.8) is 0 Å². The number of Topliss-reactive ketones (excluding diaryl/α,β-unsaturated/α-hetero) is 1. The summed E-state index contributed by atoms with van der Waals surface area (Å²) < 4.78 is 5.17. The lowest BCUT2D eigenvalue weighted by Crippen LogP contribution is -2.00. The average Bonchev–Trinajstić information content (AvgIpc) is 2.16. The van der Waals surface area contributed by atoms with Crippen molar-refractivity contribution in [3.8, 4) is 5.75 Å². The molecule has 0 aromatic heterocycles. The van der Waals surface area contributed by atoms with Gasteiger partial charge in [-0.3, -0.25) is 14.9 Å². The van der Waals surface area contributed by atoms with E-state index in [-0.39, 0.29) is 21.7 Å². The molecule has 15 heavy (non-hydrogen) atoms. The Labute approximate surface area is 94.3 Å². The van der Waals surface area contributed by atoms with Crippen molar-refractivity contribution in [2.75, 3.05) is 7.11 Å². The van der Waals surface area contributed by atoms with Gasteiger partial charge in [-0.25, -0.2) is 0 Å². The van der Waals surface area contributed by atoms with E-state index >= 15 is 0 Å². The monoisotopic (exact) mass is 273 g/mol. The zero-order chi connectivity index (χ0) is 11.6. The molecule has 0 radical (unpaired) electrons. The molecule has 0 aliphatic heterocycles. The zero-order valence-corrected chi connectivity index (χ0v) is 9.70. The van der Waals surface area contributed by atoms with Crippen LogP contribution in [-0.2, 0) is 0 Å². The molecule has 0 aliphatic rings. The molecule has 0 spiro atoms. The first-order chi connectivity index (χ1) is 6.97. The second-order valence-corrected chi connectivity index (χ2v) is 3.67. The lowest BCUT2D eigenvalue weighted by molar-refractivity contribution is -0.385. The van der Waals surface area contributed by atoms with Crippen LogP contribution in [0.5, 0.6) is 5.75 Å². The molecular weight excluding hydrogens is 266 g/mol. The molecule has 0 unspecified atom stereocenters. The number of nitro groups is 1. The zero-order valence-electron chi connectivity index (χ0n) is 8.11. The van der Waals surface area contributed by atoms with Crippen molar-refractivity contribution in [2.24, 2.45) is 0 Å². The Hall–Kier alpha value is -1.43. The van der Waals surface area contributed by atoms with Crippen LogP contribution in [0.25, 0.3) is 0 Å². The maximum Gasteiger partial charge on any atom is 0.287 e. The number of carbonyl (C=O) groups excluding carboxylic acids is 1. The van der Waals surface area contributed by atoms with Crippen molar-refractivity contribution in [3.05, 3.63) is 32.3 Å². The molecule has 0 bridgehead atoms. The molecule has 1 aromatic rings. The van der Waals surface area contributed by atoms with Crippen molar-refractivity contribution < 1.29 is 14.5 Å². The Morgan fingerprint density at radius 1 is 1.53 bits per heavy atom. The van der Waals surface area contributed by atoms with E-state index in [1.54, 1.807) is 0 Å². The van der Waals surface area contributed by atoms with Gasteiger partial charge in [0.1, 0.15) is 5.75 Å². The van der Waals surface area contributed by atoms with Crippen LogP contribution in [-0.4, -0.2) is 17.8 Å². The molecule has 0 saturated carbocycles. The molecule has 0 amide bonds. The number of hydrogen-bond donors (Lipinski definition) is 0. The molecule has 5 nitrogen and oxygen atoms in total. The molecule has 0 aliphatic carbocycles. The summed E-state index contributed by atoms with van der Waals surface area (Å²) in [5.74, 6) is -0.000141. The summed E-state index contributed by atoms with van der Waals surface area (Å²) in [7, 11) is 1.36. The van der Waals surface area contributed by atoms with Gasteiger partial charge in [0.15, 0.2) is 5.78 Å². The normalized spacial score (nSPS) is 9.80. The summed E-state index contributed by atoms with van der Waals surface area (Å²) >= 11 is 3.03. The minimum absolute atomic E-state index is 0.128. The number of ether oxygens (including phenoxy) is 1. The highest BCUT2D eigenvalue weighted by atomic mass is 79.9. The average molecular weight is 274 g/mol. The largest absolute Gasteiger partial charge is 0.496 e. The lowest BCUT2D eigenvalue weighted by Gasteiger charge is -2.06. The van der Waals surface area contributed by atoms with Crippen LogP contribution in [0, 0.1) is 10.1 Å². The first kappa shape index (κ1) is 11.6. The third-order valence-corrected chi connectivity index (χ3v) is 2.48. The van der Waals surface area contributed by atoms with Crippen LogP contribution >= 0.6 is 15.9 Å². The fraction of sp³-hybridized carbons (Fsp3) is 0.222. The fourth-order valence-electron chi connectivity index (χ4n) is 1.13.